The van der Waals surface area contributed by atoms with E-state index in [1.165, 1.54) is 6.92 Å². The molecule has 5 heterocycles. The van der Waals surface area contributed by atoms with Gasteiger partial charge in [-0.25, -0.2) is 4.79 Å². The first-order chi connectivity index (χ1) is 24.7. The molecule has 3 aliphatic heterocycles. The molecule has 2 saturated heterocycles. The molecule has 0 saturated carbocycles. The Labute approximate surface area is 305 Å². The number of hydrogen-bond acceptors (Lipinski definition) is 13. The predicted molar refractivity (Wildman–Crippen MR) is 190 cm³/mol. The lowest BCUT2D eigenvalue weighted by molar-refractivity contribution is -0.257. The van der Waals surface area contributed by atoms with Crippen LogP contribution in [0.25, 0.3) is 11.4 Å². The number of cyclic esters (lactones) is 1. The fourth-order valence-electron chi connectivity index (χ4n) is 7.69. The fraction of sp³-hybridized carbons (Fsp3) is 0.676. The van der Waals surface area contributed by atoms with Gasteiger partial charge in [-0.3, -0.25) is 24.2 Å². The zero-order chi connectivity index (χ0) is 37.7. The van der Waals surface area contributed by atoms with Crippen LogP contribution in [0, 0.1) is 11.8 Å². The molecule has 0 radical (unpaired) electrons. The number of Topliss-reactive ketones (excluding diaryl/α,β-unsaturated/α-hetero) is 1. The average molecular weight is 726 g/mol. The van der Waals surface area contributed by atoms with E-state index in [4.69, 9.17) is 24.7 Å². The largest absolute Gasteiger partial charge is 0.458 e. The van der Waals surface area contributed by atoms with Gasteiger partial charge in [0.25, 0.3) is 0 Å². The van der Waals surface area contributed by atoms with Crippen LogP contribution >= 0.6 is 0 Å². The molecule has 2 aromatic heterocycles. The van der Waals surface area contributed by atoms with E-state index in [0.717, 1.165) is 12.1 Å². The third-order valence-corrected chi connectivity index (χ3v) is 10.7. The minimum atomic E-state index is -1.20. The molecule has 15 nitrogen and oxygen atoms in total. The lowest BCUT2D eigenvalue weighted by Gasteiger charge is -2.41. The Bertz CT molecular complexity index is 1570. The van der Waals surface area contributed by atoms with E-state index in [2.05, 4.69) is 20.6 Å². The predicted octanol–water partition coefficient (Wildman–Crippen LogP) is 3.01. The molecule has 0 bridgehead atoms. The van der Waals surface area contributed by atoms with E-state index in [1.807, 2.05) is 58.2 Å². The number of ketones is 1. The quantitative estimate of drug-likeness (QED) is 0.148. The van der Waals surface area contributed by atoms with E-state index in [-0.39, 0.29) is 17.9 Å². The van der Waals surface area contributed by atoms with Gasteiger partial charge in [-0.05, 0) is 78.0 Å². The van der Waals surface area contributed by atoms with Crippen molar-refractivity contribution >= 4 is 17.8 Å². The zero-order valence-corrected chi connectivity index (χ0v) is 31.3. The fourth-order valence-corrected chi connectivity index (χ4v) is 7.69. The van der Waals surface area contributed by atoms with Crippen LogP contribution in [0.1, 0.15) is 74.1 Å². The number of fused-ring (bicyclic) bond motifs is 1. The highest BCUT2D eigenvalue weighted by Gasteiger charge is 2.58. The third-order valence-electron chi connectivity index (χ3n) is 10.7. The van der Waals surface area contributed by atoms with Crippen molar-refractivity contribution in [3.8, 4) is 11.4 Å². The maximum atomic E-state index is 13.9. The molecule has 4 N–H and O–H groups in total. The number of esters is 1. The number of nitrogens with zero attached hydrogens (tertiary/aromatic N) is 5. The first-order valence-corrected chi connectivity index (χ1v) is 18.4. The highest BCUT2D eigenvalue weighted by Crippen LogP contribution is 2.38. The number of aryl methyl sites for hydroxylation is 1. The van der Waals surface area contributed by atoms with Crippen molar-refractivity contribution in [3.63, 3.8) is 0 Å². The highest BCUT2D eigenvalue weighted by atomic mass is 16.7. The minimum absolute atomic E-state index is 0.249. The summed E-state index contributed by atoms with van der Waals surface area (Å²) in [5.41, 5.74) is 7.10. The van der Waals surface area contributed by atoms with Gasteiger partial charge < -0.3 is 35.1 Å². The third kappa shape index (κ3) is 8.54. The van der Waals surface area contributed by atoms with Gasteiger partial charge in [-0.1, -0.05) is 31.2 Å². The SMILES string of the molecule is CC[C@H]1OC(=O)[C@H](C)C(=O)[C@H](C)[C@@H](O[C@@H]2O[C@H](C)CC(N)C2O)/C(C)=C/CN[C@H](C)[C@H]2N(CCCCn3cc(-c4ccccn4)nn3)C(=O)O[C@]12C. The lowest BCUT2D eigenvalue weighted by Crippen LogP contribution is -2.60. The lowest BCUT2D eigenvalue weighted by atomic mass is 9.83. The Morgan fingerprint density at radius 2 is 1.87 bits per heavy atom. The second-order valence-corrected chi connectivity index (χ2v) is 14.6. The van der Waals surface area contributed by atoms with Crippen molar-refractivity contribution in [1.82, 2.24) is 30.2 Å². The number of nitrogens with two attached hydrogens (primary N) is 1. The van der Waals surface area contributed by atoms with Crippen molar-refractivity contribution in [2.45, 2.75) is 135 Å². The summed E-state index contributed by atoms with van der Waals surface area (Å²) >= 11 is 0. The van der Waals surface area contributed by atoms with Crippen LogP contribution in [-0.2, 0) is 35.1 Å². The normalized spacial score (nSPS) is 36.0. The van der Waals surface area contributed by atoms with Crippen LogP contribution in [0.15, 0.2) is 42.2 Å². The number of hydrogen-bond donors (Lipinski definition) is 3. The Morgan fingerprint density at radius 3 is 2.58 bits per heavy atom. The van der Waals surface area contributed by atoms with E-state index in [1.54, 1.807) is 29.6 Å². The number of aliphatic hydroxyl groups excluding tert-OH is 1. The summed E-state index contributed by atoms with van der Waals surface area (Å²) in [6.45, 7) is 13.9. The molecule has 2 unspecified atom stereocenters. The molecular formula is C37H55N7O8. The summed E-state index contributed by atoms with van der Waals surface area (Å²) in [5.74, 6) is -3.01. The van der Waals surface area contributed by atoms with Crippen molar-refractivity contribution in [1.29, 1.82) is 0 Å². The Morgan fingerprint density at radius 1 is 1.12 bits per heavy atom. The van der Waals surface area contributed by atoms with E-state index < -0.39 is 66.2 Å². The average Bonchev–Trinajstić information content (AvgIpc) is 3.70. The van der Waals surface area contributed by atoms with E-state index >= 15 is 0 Å². The topological polar surface area (TPSA) is 193 Å². The molecule has 2 aromatic rings. The first-order valence-electron chi connectivity index (χ1n) is 18.4. The number of rotatable bonds is 9. The number of carbonyl (C=O) groups excluding carboxylic acids is 3. The maximum Gasteiger partial charge on any atom is 0.410 e. The van der Waals surface area contributed by atoms with Gasteiger partial charge in [-0.15, -0.1) is 5.10 Å². The first kappa shape index (κ1) is 39.4. The summed E-state index contributed by atoms with van der Waals surface area (Å²) in [6, 6.07) is 4.26. The highest BCUT2D eigenvalue weighted by molar-refractivity contribution is 6.00. The molecule has 2 fully saturated rings. The number of aliphatic hydroxyl groups is 1. The van der Waals surface area contributed by atoms with E-state index in [0.29, 0.717) is 50.2 Å². The smallest absolute Gasteiger partial charge is 0.410 e. The second kappa shape index (κ2) is 16.9. The summed E-state index contributed by atoms with van der Waals surface area (Å²) in [4.78, 5) is 47.2. The number of nitrogens with one attached hydrogen (secondary N) is 1. The number of pyridine rings is 1. The molecule has 15 heteroatoms. The number of ether oxygens (including phenoxy) is 4. The molecule has 3 aliphatic rings. The zero-order valence-electron chi connectivity index (χ0n) is 31.3. The molecule has 0 spiro atoms. The van der Waals surface area contributed by atoms with Gasteiger partial charge >= 0.3 is 12.1 Å². The monoisotopic (exact) mass is 725 g/mol. The summed E-state index contributed by atoms with van der Waals surface area (Å²) in [6.07, 6.45) is 3.16. The molecular weight excluding hydrogens is 670 g/mol. The van der Waals surface area contributed by atoms with Crippen molar-refractivity contribution in [2.75, 3.05) is 13.1 Å². The number of carbonyl (C=O) groups is 3. The second-order valence-electron chi connectivity index (χ2n) is 14.6. The van der Waals surface area contributed by atoms with Crippen molar-refractivity contribution in [2.24, 2.45) is 17.6 Å². The van der Waals surface area contributed by atoms with Crippen molar-refractivity contribution in [3.05, 3.63) is 42.2 Å². The Kier molecular flexibility index (Phi) is 12.8. The van der Waals surface area contributed by atoms with Crippen LogP contribution in [0.5, 0.6) is 0 Å². The molecule has 52 heavy (non-hydrogen) atoms. The Hall–Kier alpha value is -3.76. The van der Waals surface area contributed by atoms with Crippen molar-refractivity contribution < 1.29 is 38.4 Å². The molecule has 1 amide bonds. The van der Waals surface area contributed by atoms with Gasteiger partial charge in [0.2, 0.25) is 0 Å². The summed E-state index contributed by atoms with van der Waals surface area (Å²) in [7, 11) is 0. The Balaban J connectivity index is 1.35. The minimum Gasteiger partial charge on any atom is -0.458 e. The number of aromatic nitrogens is 4. The van der Waals surface area contributed by atoms with E-state index in [9.17, 15) is 19.5 Å². The van der Waals surface area contributed by atoms with Crippen LogP contribution in [-0.4, -0.2) is 115 Å². The maximum absolute atomic E-state index is 13.9. The standard InChI is InChI=1S/C37H55N7O8/c1-8-29-37(7)33(44(36(48)52-37)18-12-11-17-43-20-28(41-42-43)27-13-9-10-15-40-27)25(6)39-16-14-21(2)32(23(4)30(45)24(5)34(47)50-29)51-35-31(46)26(38)19-22(3)49-35/h9-10,13-15,20,22-26,29,31-33,35,39,46H,8,11-12,16-19,38H2,1-7H3/b21-14+/t22-,23+,24-,25-,26?,29-,31?,32+,33-,35+,37-/m1/s1. The van der Waals surface area contributed by atoms with Crippen LogP contribution in [0.3, 0.4) is 0 Å². The van der Waals surface area contributed by atoms with Gasteiger partial charge in [-0.2, -0.15) is 0 Å². The number of amides is 1. The summed E-state index contributed by atoms with van der Waals surface area (Å²) < 4.78 is 26.2. The van der Waals surface area contributed by atoms with Gasteiger partial charge in [0.15, 0.2) is 17.7 Å². The van der Waals surface area contributed by atoms with Gasteiger partial charge in [0, 0.05) is 43.8 Å². The van der Waals surface area contributed by atoms with Crippen LogP contribution in [0.4, 0.5) is 4.79 Å². The molecule has 0 aromatic carbocycles. The molecule has 11 atom stereocenters. The molecule has 0 aliphatic carbocycles. The van der Waals surface area contributed by atoms with Crippen LogP contribution in [0.2, 0.25) is 0 Å². The van der Waals surface area contributed by atoms with Gasteiger partial charge in [0.05, 0.1) is 30.1 Å². The summed E-state index contributed by atoms with van der Waals surface area (Å²) in [5, 5.41) is 22.8. The molecule has 5 rings (SSSR count). The molecule has 286 valence electrons. The van der Waals surface area contributed by atoms with Gasteiger partial charge in [0.1, 0.15) is 23.8 Å². The van der Waals surface area contributed by atoms with Crippen LogP contribution < -0.4 is 11.1 Å². The number of unbranched alkanes of at least 4 members (excludes halogenated alkanes) is 1.